The van der Waals surface area contributed by atoms with Crippen molar-refractivity contribution in [1.82, 2.24) is 9.62 Å². The van der Waals surface area contributed by atoms with Gasteiger partial charge in [-0.25, -0.2) is 13.1 Å². The maximum absolute atomic E-state index is 11.8. The third-order valence-corrected chi connectivity index (χ3v) is 4.20. The Labute approximate surface area is 100 Å². The lowest BCUT2D eigenvalue weighted by atomic mass is 10.0. The van der Waals surface area contributed by atoms with Crippen molar-refractivity contribution in [2.24, 2.45) is 5.92 Å². The van der Waals surface area contributed by atoms with E-state index in [9.17, 15) is 8.42 Å². The van der Waals surface area contributed by atoms with Crippen LogP contribution in [0.5, 0.6) is 0 Å². The Bertz CT molecular complexity index is 274. The smallest absolute Gasteiger partial charge is 0.214 e. The fraction of sp³-hybridized carbons (Fsp3) is 1.00. The molecule has 5 heteroatoms. The van der Waals surface area contributed by atoms with Crippen LogP contribution in [0.25, 0.3) is 0 Å². The Morgan fingerprint density at radius 3 is 1.94 bits per heavy atom. The SMILES string of the molecule is CC(C)CC(CN(C)C)NS(=O)(=O)C(C)C. The molecule has 98 valence electrons. The number of likely N-dealkylation sites (N-methyl/N-ethyl adjacent to an activating group) is 1. The monoisotopic (exact) mass is 250 g/mol. The summed E-state index contributed by atoms with van der Waals surface area (Å²) in [5.74, 6) is 0.486. The van der Waals surface area contributed by atoms with Crippen molar-refractivity contribution in [2.75, 3.05) is 20.6 Å². The van der Waals surface area contributed by atoms with E-state index < -0.39 is 10.0 Å². The van der Waals surface area contributed by atoms with Crippen LogP contribution in [-0.2, 0) is 10.0 Å². The van der Waals surface area contributed by atoms with Gasteiger partial charge in [0.1, 0.15) is 0 Å². The van der Waals surface area contributed by atoms with Gasteiger partial charge in [-0.15, -0.1) is 0 Å². The molecule has 4 nitrogen and oxygen atoms in total. The van der Waals surface area contributed by atoms with Gasteiger partial charge in [0, 0.05) is 12.6 Å². The van der Waals surface area contributed by atoms with Gasteiger partial charge in [0.05, 0.1) is 5.25 Å². The fourth-order valence-corrected chi connectivity index (χ4v) is 2.45. The maximum atomic E-state index is 11.8. The number of nitrogens with one attached hydrogen (secondary N) is 1. The molecular weight excluding hydrogens is 224 g/mol. The largest absolute Gasteiger partial charge is 0.308 e. The Hall–Kier alpha value is -0.130. The molecule has 0 aromatic carbocycles. The van der Waals surface area contributed by atoms with E-state index in [0.29, 0.717) is 5.92 Å². The third kappa shape index (κ3) is 6.45. The molecule has 1 N–H and O–H groups in total. The molecule has 0 aliphatic rings. The van der Waals surface area contributed by atoms with Crippen molar-refractivity contribution in [1.29, 1.82) is 0 Å². The van der Waals surface area contributed by atoms with Gasteiger partial charge in [0.2, 0.25) is 10.0 Å². The van der Waals surface area contributed by atoms with E-state index in [-0.39, 0.29) is 11.3 Å². The van der Waals surface area contributed by atoms with Crippen LogP contribution in [-0.4, -0.2) is 45.2 Å². The lowest BCUT2D eigenvalue weighted by molar-refractivity contribution is 0.329. The summed E-state index contributed by atoms with van der Waals surface area (Å²) < 4.78 is 26.3. The minimum Gasteiger partial charge on any atom is -0.308 e. The van der Waals surface area contributed by atoms with Crippen molar-refractivity contribution in [3.05, 3.63) is 0 Å². The molecular formula is C11H26N2O2S. The van der Waals surface area contributed by atoms with Crippen molar-refractivity contribution < 1.29 is 8.42 Å². The van der Waals surface area contributed by atoms with Gasteiger partial charge in [-0.3, -0.25) is 0 Å². The van der Waals surface area contributed by atoms with E-state index in [0.717, 1.165) is 13.0 Å². The molecule has 0 amide bonds. The summed E-state index contributed by atoms with van der Waals surface area (Å²) >= 11 is 0. The highest BCUT2D eigenvalue weighted by Gasteiger charge is 2.22. The molecule has 0 aliphatic carbocycles. The van der Waals surface area contributed by atoms with Crippen molar-refractivity contribution in [3.63, 3.8) is 0 Å². The minimum atomic E-state index is -3.17. The Balaban J connectivity index is 4.54. The summed E-state index contributed by atoms with van der Waals surface area (Å²) in [4.78, 5) is 2.01. The molecule has 1 atom stereocenters. The van der Waals surface area contributed by atoms with E-state index in [1.54, 1.807) is 13.8 Å². The van der Waals surface area contributed by atoms with E-state index in [4.69, 9.17) is 0 Å². The number of nitrogens with zero attached hydrogens (tertiary/aromatic N) is 1. The van der Waals surface area contributed by atoms with Crippen LogP contribution < -0.4 is 4.72 Å². The molecule has 0 rings (SSSR count). The lowest BCUT2D eigenvalue weighted by Gasteiger charge is -2.24. The zero-order valence-corrected chi connectivity index (χ0v) is 12.1. The predicted octanol–water partition coefficient (Wildman–Crippen LogP) is 1.29. The van der Waals surface area contributed by atoms with Crippen LogP contribution in [0, 0.1) is 5.92 Å². The topological polar surface area (TPSA) is 49.4 Å². The van der Waals surface area contributed by atoms with E-state index in [1.807, 2.05) is 19.0 Å². The molecule has 16 heavy (non-hydrogen) atoms. The second-order valence-corrected chi connectivity index (χ2v) is 7.57. The summed E-state index contributed by atoms with van der Waals surface area (Å²) in [6, 6.07) is 0.00222. The van der Waals surface area contributed by atoms with Gasteiger partial charge in [-0.05, 0) is 40.3 Å². The highest BCUT2D eigenvalue weighted by molar-refractivity contribution is 7.90. The maximum Gasteiger partial charge on any atom is 0.214 e. The first-order valence-electron chi connectivity index (χ1n) is 5.81. The highest BCUT2D eigenvalue weighted by Crippen LogP contribution is 2.08. The van der Waals surface area contributed by atoms with Gasteiger partial charge >= 0.3 is 0 Å². The number of hydrogen-bond donors (Lipinski definition) is 1. The van der Waals surface area contributed by atoms with Gasteiger partial charge in [0.25, 0.3) is 0 Å². The van der Waals surface area contributed by atoms with Crippen LogP contribution >= 0.6 is 0 Å². The van der Waals surface area contributed by atoms with Crippen LogP contribution in [0.15, 0.2) is 0 Å². The average molecular weight is 250 g/mol. The Morgan fingerprint density at radius 1 is 1.12 bits per heavy atom. The Kier molecular flexibility index (Phi) is 6.51. The quantitative estimate of drug-likeness (QED) is 0.741. The van der Waals surface area contributed by atoms with Gasteiger partial charge < -0.3 is 4.90 Å². The molecule has 0 bridgehead atoms. The Morgan fingerprint density at radius 2 is 1.62 bits per heavy atom. The normalized spacial score (nSPS) is 15.1. The second-order valence-electron chi connectivity index (χ2n) is 5.30. The first kappa shape index (κ1) is 15.9. The van der Waals surface area contributed by atoms with Crippen molar-refractivity contribution in [3.8, 4) is 0 Å². The molecule has 0 radical (unpaired) electrons. The van der Waals surface area contributed by atoms with Crippen LogP contribution in [0.1, 0.15) is 34.1 Å². The summed E-state index contributed by atoms with van der Waals surface area (Å²) in [5.41, 5.74) is 0. The minimum absolute atomic E-state index is 0.00222. The first-order valence-corrected chi connectivity index (χ1v) is 7.35. The average Bonchev–Trinajstić information content (AvgIpc) is 1.99. The third-order valence-electron chi connectivity index (χ3n) is 2.29. The lowest BCUT2D eigenvalue weighted by Crippen LogP contribution is -2.44. The predicted molar refractivity (Wildman–Crippen MR) is 69.0 cm³/mol. The first-order chi connectivity index (χ1) is 7.15. The van der Waals surface area contributed by atoms with E-state index in [1.165, 1.54) is 0 Å². The molecule has 0 heterocycles. The second kappa shape index (κ2) is 6.57. The van der Waals surface area contributed by atoms with Crippen LogP contribution in [0.2, 0.25) is 0 Å². The van der Waals surface area contributed by atoms with Crippen LogP contribution in [0.3, 0.4) is 0 Å². The molecule has 0 aliphatic heterocycles. The van der Waals surface area contributed by atoms with Crippen molar-refractivity contribution >= 4 is 10.0 Å². The fourth-order valence-electron chi connectivity index (χ4n) is 1.54. The standard InChI is InChI=1S/C11H26N2O2S/c1-9(2)7-11(8-13(5)6)12-16(14,15)10(3)4/h9-12H,7-8H2,1-6H3. The zero-order chi connectivity index (χ0) is 12.9. The summed E-state index contributed by atoms with van der Waals surface area (Å²) in [6.45, 7) is 8.34. The van der Waals surface area contributed by atoms with Gasteiger partial charge in [-0.1, -0.05) is 13.8 Å². The summed E-state index contributed by atoms with van der Waals surface area (Å²) in [7, 11) is 0.745. The number of hydrogen-bond acceptors (Lipinski definition) is 3. The molecule has 0 saturated heterocycles. The number of rotatable bonds is 7. The van der Waals surface area contributed by atoms with Gasteiger partial charge in [-0.2, -0.15) is 0 Å². The summed E-state index contributed by atoms with van der Waals surface area (Å²) in [5, 5.41) is -0.371. The molecule has 1 unspecified atom stereocenters. The molecule has 0 aromatic rings. The molecule has 0 spiro atoms. The molecule has 0 aromatic heterocycles. The highest BCUT2D eigenvalue weighted by atomic mass is 32.2. The molecule has 0 fully saturated rings. The number of sulfonamides is 1. The van der Waals surface area contributed by atoms with E-state index >= 15 is 0 Å². The van der Waals surface area contributed by atoms with Crippen LogP contribution in [0.4, 0.5) is 0 Å². The zero-order valence-electron chi connectivity index (χ0n) is 11.3. The van der Waals surface area contributed by atoms with Gasteiger partial charge in [0.15, 0.2) is 0 Å². The molecule has 0 saturated carbocycles. The van der Waals surface area contributed by atoms with Crippen molar-refractivity contribution in [2.45, 2.75) is 45.4 Å². The summed E-state index contributed by atoms with van der Waals surface area (Å²) in [6.07, 6.45) is 0.865. The van der Waals surface area contributed by atoms with E-state index in [2.05, 4.69) is 18.6 Å².